The Balaban J connectivity index is 1.38. The van der Waals surface area contributed by atoms with E-state index in [1.54, 1.807) is 24.0 Å². The van der Waals surface area contributed by atoms with Crippen LogP contribution < -0.4 is 15.0 Å². The SMILES string of the molecule is CCOC(=O)CNC(=O)N1CC(N2CCN(c3ccc(OC(F)(F)F)cc3)CC2)C1. The summed E-state index contributed by atoms with van der Waals surface area (Å²) in [6, 6.07) is 5.86. The maximum absolute atomic E-state index is 12.3. The molecule has 166 valence electrons. The zero-order valence-corrected chi connectivity index (χ0v) is 16.7. The number of carbonyl (C=O) groups is 2. The Bertz CT molecular complexity index is 730. The summed E-state index contributed by atoms with van der Waals surface area (Å²) in [5, 5.41) is 2.54. The van der Waals surface area contributed by atoms with Crippen LogP contribution in [0.4, 0.5) is 23.7 Å². The zero-order chi connectivity index (χ0) is 21.7. The minimum Gasteiger partial charge on any atom is -0.465 e. The van der Waals surface area contributed by atoms with Crippen LogP contribution in [0.3, 0.4) is 0 Å². The first-order valence-corrected chi connectivity index (χ1v) is 9.78. The molecule has 2 amide bonds. The topological polar surface area (TPSA) is 74.4 Å². The fourth-order valence-corrected chi connectivity index (χ4v) is 3.53. The van der Waals surface area contributed by atoms with Crippen LogP contribution in [-0.4, -0.2) is 86.6 Å². The fourth-order valence-electron chi connectivity index (χ4n) is 3.53. The third kappa shape index (κ3) is 5.91. The van der Waals surface area contributed by atoms with Crippen molar-refractivity contribution in [3.8, 4) is 5.75 Å². The normalized spacial score (nSPS) is 18.0. The van der Waals surface area contributed by atoms with Crippen molar-refractivity contribution >= 4 is 17.7 Å². The van der Waals surface area contributed by atoms with Gasteiger partial charge in [0.05, 0.1) is 6.61 Å². The number of amides is 2. The molecule has 2 aliphatic heterocycles. The number of esters is 1. The van der Waals surface area contributed by atoms with Gasteiger partial charge in [-0.05, 0) is 31.2 Å². The molecule has 1 N–H and O–H groups in total. The number of hydrogen-bond acceptors (Lipinski definition) is 6. The summed E-state index contributed by atoms with van der Waals surface area (Å²) in [7, 11) is 0. The lowest BCUT2D eigenvalue weighted by molar-refractivity contribution is -0.274. The van der Waals surface area contributed by atoms with Crippen LogP contribution in [-0.2, 0) is 9.53 Å². The van der Waals surface area contributed by atoms with Crippen molar-refractivity contribution in [1.82, 2.24) is 15.1 Å². The summed E-state index contributed by atoms with van der Waals surface area (Å²) in [5.74, 6) is -0.697. The van der Waals surface area contributed by atoms with Gasteiger partial charge < -0.3 is 24.6 Å². The number of ether oxygens (including phenoxy) is 2. The van der Waals surface area contributed by atoms with E-state index < -0.39 is 12.3 Å². The number of carbonyl (C=O) groups excluding carboxylic acids is 2. The van der Waals surface area contributed by atoms with E-state index in [4.69, 9.17) is 4.74 Å². The molecule has 0 aromatic heterocycles. The second-order valence-corrected chi connectivity index (χ2v) is 7.09. The first-order valence-electron chi connectivity index (χ1n) is 9.78. The van der Waals surface area contributed by atoms with Gasteiger partial charge in [0.1, 0.15) is 12.3 Å². The predicted octanol–water partition coefficient (Wildman–Crippen LogP) is 1.66. The molecule has 0 aliphatic carbocycles. The van der Waals surface area contributed by atoms with E-state index in [9.17, 15) is 22.8 Å². The molecule has 0 radical (unpaired) electrons. The summed E-state index contributed by atoms with van der Waals surface area (Å²) in [6.07, 6.45) is -4.69. The first kappa shape index (κ1) is 22.0. The highest BCUT2D eigenvalue weighted by Crippen LogP contribution is 2.26. The van der Waals surface area contributed by atoms with E-state index in [-0.39, 0.29) is 31.0 Å². The van der Waals surface area contributed by atoms with Crippen LogP contribution in [0, 0.1) is 0 Å². The van der Waals surface area contributed by atoms with Crippen LogP contribution in [0.25, 0.3) is 0 Å². The molecule has 2 heterocycles. The van der Waals surface area contributed by atoms with Gasteiger partial charge in [-0.2, -0.15) is 0 Å². The van der Waals surface area contributed by atoms with Crippen LogP contribution in [0.5, 0.6) is 5.75 Å². The number of hydrogen-bond donors (Lipinski definition) is 1. The molecule has 0 saturated carbocycles. The molecule has 1 aromatic rings. The lowest BCUT2D eigenvalue weighted by Crippen LogP contribution is -2.65. The van der Waals surface area contributed by atoms with E-state index in [1.807, 2.05) is 0 Å². The molecule has 30 heavy (non-hydrogen) atoms. The number of nitrogens with zero attached hydrogens (tertiary/aromatic N) is 3. The Morgan fingerprint density at radius 3 is 2.30 bits per heavy atom. The Labute approximate surface area is 172 Å². The second-order valence-electron chi connectivity index (χ2n) is 7.09. The highest BCUT2D eigenvalue weighted by Gasteiger charge is 2.36. The average molecular weight is 430 g/mol. The molecule has 8 nitrogen and oxygen atoms in total. The van der Waals surface area contributed by atoms with Gasteiger partial charge in [0.2, 0.25) is 0 Å². The monoisotopic (exact) mass is 430 g/mol. The molecule has 0 bridgehead atoms. The predicted molar refractivity (Wildman–Crippen MR) is 102 cm³/mol. The molecule has 1 aromatic carbocycles. The van der Waals surface area contributed by atoms with E-state index in [0.717, 1.165) is 31.9 Å². The number of alkyl halides is 3. The number of likely N-dealkylation sites (tertiary alicyclic amines) is 1. The molecule has 0 unspecified atom stereocenters. The first-order chi connectivity index (χ1) is 14.2. The van der Waals surface area contributed by atoms with Gasteiger partial charge in [0.25, 0.3) is 0 Å². The van der Waals surface area contributed by atoms with Crippen LogP contribution >= 0.6 is 0 Å². The second kappa shape index (κ2) is 9.41. The number of rotatable bonds is 6. The zero-order valence-electron chi connectivity index (χ0n) is 16.7. The molecule has 2 aliphatic rings. The maximum Gasteiger partial charge on any atom is 0.573 e. The molecule has 3 rings (SSSR count). The highest BCUT2D eigenvalue weighted by molar-refractivity contribution is 5.81. The Morgan fingerprint density at radius 1 is 1.10 bits per heavy atom. The van der Waals surface area contributed by atoms with Crippen molar-refractivity contribution in [2.75, 3.05) is 57.3 Å². The van der Waals surface area contributed by atoms with Crippen molar-refractivity contribution in [1.29, 1.82) is 0 Å². The van der Waals surface area contributed by atoms with Crippen molar-refractivity contribution in [2.45, 2.75) is 19.3 Å². The largest absolute Gasteiger partial charge is 0.573 e. The van der Waals surface area contributed by atoms with Gasteiger partial charge in [-0.3, -0.25) is 9.69 Å². The van der Waals surface area contributed by atoms with Crippen molar-refractivity contribution in [3.63, 3.8) is 0 Å². The van der Waals surface area contributed by atoms with Crippen molar-refractivity contribution in [3.05, 3.63) is 24.3 Å². The number of benzene rings is 1. The summed E-state index contributed by atoms with van der Waals surface area (Å²) in [5.41, 5.74) is 0.845. The molecular formula is C19H25F3N4O4. The third-order valence-corrected chi connectivity index (χ3v) is 5.10. The molecular weight excluding hydrogens is 405 g/mol. The van der Waals surface area contributed by atoms with Gasteiger partial charge in [-0.15, -0.1) is 13.2 Å². The van der Waals surface area contributed by atoms with E-state index >= 15 is 0 Å². The smallest absolute Gasteiger partial charge is 0.465 e. The van der Waals surface area contributed by atoms with Crippen molar-refractivity contribution < 1.29 is 32.2 Å². The van der Waals surface area contributed by atoms with Crippen LogP contribution in [0.1, 0.15) is 6.92 Å². The van der Waals surface area contributed by atoms with Crippen molar-refractivity contribution in [2.24, 2.45) is 0 Å². The molecule has 2 fully saturated rings. The number of halogens is 3. The molecule has 0 atom stereocenters. The quantitative estimate of drug-likeness (QED) is 0.693. The molecule has 0 spiro atoms. The van der Waals surface area contributed by atoms with E-state index in [1.165, 1.54) is 12.1 Å². The minimum atomic E-state index is -4.69. The van der Waals surface area contributed by atoms with E-state index in [0.29, 0.717) is 13.1 Å². The lowest BCUT2D eigenvalue weighted by Gasteiger charge is -2.48. The third-order valence-electron chi connectivity index (χ3n) is 5.10. The number of piperazine rings is 1. The van der Waals surface area contributed by atoms with Gasteiger partial charge in [0, 0.05) is 51.0 Å². The van der Waals surface area contributed by atoms with Crippen LogP contribution in [0.2, 0.25) is 0 Å². The van der Waals surface area contributed by atoms with Gasteiger partial charge in [0.15, 0.2) is 0 Å². The van der Waals surface area contributed by atoms with Crippen LogP contribution in [0.15, 0.2) is 24.3 Å². The maximum atomic E-state index is 12.3. The lowest BCUT2D eigenvalue weighted by atomic mass is 10.1. The number of nitrogens with one attached hydrogen (secondary N) is 1. The summed E-state index contributed by atoms with van der Waals surface area (Å²) < 4.78 is 45.4. The standard InChI is InChI=1S/C19H25F3N4O4/c1-2-29-17(27)11-23-18(28)26-12-15(13-26)25-9-7-24(8-10-25)14-3-5-16(6-4-14)30-19(20,21)22/h3-6,15H,2,7-13H2,1H3,(H,23,28). The van der Waals surface area contributed by atoms with Gasteiger partial charge in [-0.25, -0.2) is 4.79 Å². The number of anilines is 1. The summed E-state index contributed by atoms with van der Waals surface area (Å²) >= 11 is 0. The minimum absolute atomic E-state index is 0.140. The molecule has 11 heteroatoms. The Morgan fingerprint density at radius 2 is 1.73 bits per heavy atom. The average Bonchev–Trinajstić information content (AvgIpc) is 2.65. The number of urea groups is 1. The Hall–Kier alpha value is -2.69. The Kier molecular flexibility index (Phi) is 6.91. The molecule has 2 saturated heterocycles. The summed E-state index contributed by atoms with van der Waals surface area (Å²) in [4.78, 5) is 29.4. The summed E-state index contributed by atoms with van der Waals surface area (Å²) in [6.45, 7) is 6.11. The van der Waals surface area contributed by atoms with Gasteiger partial charge in [-0.1, -0.05) is 0 Å². The highest BCUT2D eigenvalue weighted by atomic mass is 19.4. The van der Waals surface area contributed by atoms with E-state index in [2.05, 4.69) is 19.9 Å². The van der Waals surface area contributed by atoms with Gasteiger partial charge >= 0.3 is 18.4 Å². The fraction of sp³-hybridized carbons (Fsp3) is 0.579.